The SMILES string of the molecule is Cc1ccc(Cl)cc1NC(=O)C(C)Sc1nnc(-c2ccc(OC(F)F)cc2)n1N. The number of benzene rings is 2. The van der Waals surface area contributed by atoms with E-state index in [2.05, 4.69) is 20.3 Å². The fourth-order valence-electron chi connectivity index (χ4n) is 2.51. The molecule has 0 radical (unpaired) electrons. The maximum Gasteiger partial charge on any atom is 0.387 e. The number of nitrogens with two attached hydrogens (primary N) is 1. The molecule has 1 aromatic heterocycles. The number of hydrogen-bond acceptors (Lipinski definition) is 6. The van der Waals surface area contributed by atoms with E-state index >= 15 is 0 Å². The molecule has 0 fully saturated rings. The quantitative estimate of drug-likeness (QED) is 0.408. The molecule has 0 bridgehead atoms. The number of ether oxygens (including phenoxy) is 1. The van der Waals surface area contributed by atoms with Crippen LogP contribution in [0.1, 0.15) is 12.5 Å². The van der Waals surface area contributed by atoms with Crippen LogP contribution in [0, 0.1) is 6.92 Å². The highest BCUT2D eigenvalue weighted by Gasteiger charge is 2.20. The lowest BCUT2D eigenvalue weighted by Gasteiger charge is -2.13. The van der Waals surface area contributed by atoms with Gasteiger partial charge >= 0.3 is 6.61 Å². The monoisotopic (exact) mass is 453 g/mol. The Morgan fingerprint density at radius 2 is 1.93 bits per heavy atom. The van der Waals surface area contributed by atoms with E-state index in [0.29, 0.717) is 27.3 Å². The fourth-order valence-corrected chi connectivity index (χ4v) is 3.46. The Balaban J connectivity index is 1.69. The van der Waals surface area contributed by atoms with Crippen LogP contribution in [0.2, 0.25) is 5.02 Å². The van der Waals surface area contributed by atoms with E-state index in [1.54, 1.807) is 19.1 Å². The molecule has 1 unspecified atom stereocenters. The van der Waals surface area contributed by atoms with Gasteiger partial charge in [-0.05, 0) is 55.8 Å². The first-order valence-corrected chi connectivity index (χ1v) is 9.99. The lowest BCUT2D eigenvalue weighted by molar-refractivity contribution is -0.115. The average molecular weight is 454 g/mol. The van der Waals surface area contributed by atoms with Gasteiger partial charge in [0.05, 0.1) is 5.25 Å². The molecule has 158 valence electrons. The number of amides is 1. The summed E-state index contributed by atoms with van der Waals surface area (Å²) in [6, 6.07) is 11.1. The summed E-state index contributed by atoms with van der Waals surface area (Å²) in [5.74, 6) is 6.16. The van der Waals surface area contributed by atoms with Crippen LogP contribution in [0.5, 0.6) is 5.75 Å². The molecule has 11 heteroatoms. The van der Waals surface area contributed by atoms with Gasteiger partial charge in [0.15, 0.2) is 5.82 Å². The molecule has 1 heterocycles. The molecule has 0 aliphatic carbocycles. The van der Waals surface area contributed by atoms with Crippen LogP contribution in [0.4, 0.5) is 14.5 Å². The van der Waals surface area contributed by atoms with Crippen molar-refractivity contribution < 1.29 is 18.3 Å². The van der Waals surface area contributed by atoms with Crippen molar-refractivity contribution in [2.75, 3.05) is 11.2 Å². The van der Waals surface area contributed by atoms with Gasteiger partial charge in [-0.15, -0.1) is 10.2 Å². The Bertz CT molecular complexity index is 1050. The van der Waals surface area contributed by atoms with E-state index in [9.17, 15) is 13.6 Å². The summed E-state index contributed by atoms with van der Waals surface area (Å²) >= 11 is 7.12. The third-order valence-corrected chi connectivity index (χ3v) is 5.40. The van der Waals surface area contributed by atoms with Crippen LogP contribution in [0.25, 0.3) is 11.4 Å². The van der Waals surface area contributed by atoms with Crippen molar-refractivity contribution >= 4 is 35.0 Å². The van der Waals surface area contributed by atoms with Crippen molar-refractivity contribution in [2.45, 2.75) is 30.9 Å². The number of nitrogen functional groups attached to an aromatic ring is 1. The van der Waals surface area contributed by atoms with Crippen LogP contribution >= 0.6 is 23.4 Å². The molecule has 2 aromatic carbocycles. The Morgan fingerprint density at radius 3 is 2.60 bits per heavy atom. The molecule has 3 N–H and O–H groups in total. The van der Waals surface area contributed by atoms with Crippen LogP contribution in [0.3, 0.4) is 0 Å². The van der Waals surface area contributed by atoms with Crippen molar-refractivity contribution in [1.82, 2.24) is 14.9 Å². The second kappa shape index (κ2) is 9.31. The van der Waals surface area contributed by atoms with Crippen LogP contribution in [0.15, 0.2) is 47.6 Å². The molecule has 0 aliphatic rings. The number of halogens is 3. The van der Waals surface area contributed by atoms with Crippen LogP contribution in [-0.2, 0) is 4.79 Å². The van der Waals surface area contributed by atoms with Crippen LogP contribution < -0.4 is 15.9 Å². The van der Waals surface area contributed by atoms with Gasteiger partial charge in [-0.3, -0.25) is 4.79 Å². The van der Waals surface area contributed by atoms with Gasteiger partial charge in [0.25, 0.3) is 0 Å². The van der Waals surface area contributed by atoms with E-state index in [1.165, 1.54) is 28.9 Å². The Hall–Kier alpha value is -2.85. The number of carbonyl (C=O) groups is 1. The molecule has 1 amide bonds. The third kappa shape index (κ3) is 5.19. The number of rotatable bonds is 7. The van der Waals surface area contributed by atoms with Crippen molar-refractivity contribution in [2.24, 2.45) is 0 Å². The zero-order chi connectivity index (χ0) is 21.8. The molecule has 0 saturated heterocycles. The first-order chi connectivity index (χ1) is 14.2. The highest BCUT2D eigenvalue weighted by atomic mass is 35.5. The van der Waals surface area contributed by atoms with Gasteiger partial charge in [0, 0.05) is 16.3 Å². The van der Waals surface area contributed by atoms with E-state index in [1.807, 2.05) is 13.0 Å². The first kappa shape index (κ1) is 21.8. The average Bonchev–Trinajstić information content (AvgIpc) is 3.05. The summed E-state index contributed by atoms with van der Waals surface area (Å²) in [6.45, 7) is 0.676. The second-order valence-electron chi connectivity index (χ2n) is 6.29. The minimum Gasteiger partial charge on any atom is -0.435 e. The minimum absolute atomic E-state index is 0.0213. The summed E-state index contributed by atoms with van der Waals surface area (Å²) in [6.07, 6.45) is 0. The molecular weight excluding hydrogens is 436 g/mol. The summed E-state index contributed by atoms with van der Waals surface area (Å²) in [7, 11) is 0. The summed E-state index contributed by atoms with van der Waals surface area (Å²) in [4.78, 5) is 12.5. The molecule has 0 saturated carbocycles. The normalized spacial score (nSPS) is 12.1. The molecule has 7 nitrogen and oxygen atoms in total. The molecule has 3 aromatic rings. The smallest absolute Gasteiger partial charge is 0.387 e. The van der Waals surface area contributed by atoms with Gasteiger partial charge in [0.1, 0.15) is 5.75 Å². The minimum atomic E-state index is -2.90. The van der Waals surface area contributed by atoms with E-state index in [0.717, 1.165) is 17.3 Å². The molecule has 30 heavy (non-hydrogen) atoms. The maximum absolute atomic E-state index is 12.5. The van der Waals surface area contributed by atoms with E-state index in [4.69, 9.17) is 17.4 Å². The highest BCUT2D eigenvalue weighted by molar-refractivity contribution is 8.00. The predicted octanol–water partition coefficient (Wildman–Crippen LogP) is 4.34. The summed E-state index contributed by atoms with van der Waals surface area (Å²) in [5.41, 5.74) is 2.07. The number of nitrogens with zero attached hydrogens (tertiary/aromatic N) is 3. The molecule has 0 aliphatic heterocycles. The van der Waals surface area contributed by atoms with Gasteiger partial charge in [-0.2, -0.15) is 8.78 Å². The van der Waals surface area contributed by atoms with E-state index < -0.39 is 11.9 Å². The van der Waals surface area contributed by atoms with Gasteiger partial charge < -0.3 is 15.9 Å². The van der Waals surface area contributed by atoms with Crippen molar-refractivity contribution in [3.8, 4) is 17.1 Å². The number of anilines is 1. The number of thioether (sulfide) groups is 1. The standard InChI is InChI=1S/C19H18ClF2N5O2S/c1-10-3-6-13(20)9-15(10)24-17(28)11(2)30-19-26-25-16(27(19)23)12-4-7-14(8-5-12)29-18(21)22/h3-9,11,18H,23H2,1-2H3,(H,24,28). The topological polar surface area (TPSA) is 95.1 Å². The number of aromatic nitrogens is 3. The first-order valence-electron chi connectivity index (χ1n) is 8.74. The number of carbonyl (C=O) groups excluding carboxylic acids is 1. The Morgan fingerprint density at radius 1 is 1.23 bits per heavy atom. The van der Waals surface area contributed by atoms with Crippen molar-refractivity contribution in [3.05, 3.63) is 53.1 Å². The predicted molar refractivity (Wildman–Crippen MR) is 112 cm³/mol. The summed E-state index contributed by atoms with van der Waals surface area (Å²) < 4.78 is 30.1. The highest BCUT2D eigenvalue weighted by Crippen LogP contribution is 2.27. The largest absolute Gasteiger partial charge is 0.435 e. The van der Waals surface area contributed by atoms with Crippen molar-refractivity contribution in [3.63, 3.8) is 0 Å². The number of nitrogens with one attached hydrogen (secondary N) is 1. The van der Waals surface area contributed by atoms with Gasteiger partial charge in [-0.25, -0.2) is 4.68 Å². The number of hydrogen-bond donors (Lipinski definition) is 2. The lowest BCUT2D eigenvalue weighted by Crippen LogP contribution is -2.24. The van der Waals surface area contributed by atoms with E-state index in [-0.39, 0.29) is 11.7 Å². The third-order valence-electron chi connectivity index (χ3n) is 4.11. The maximum atomic E-state index is 12.5. The fraction of sp³-hybridized carbons (Fsp3) is 0.211. The molecule has 0 spiro atoms. The molecule has 3 rings (SSSR count). The zero-order valence-corrected chi connectivity index (χ0v) is 17.5. The second-order valence-corrected chi connectivity index (χ2v) is 8.03. The van der Waals surface area contributed by atoms with Gasteiger partial charge in [-0.1, -0.05) is 29.4 Å². The van der Waals surface area contributed by atoms with Crippen molar-refractivity contribution in [1.29, 1.82) is 0 Å². The zero-order valence-electron chi connectivity index (χ0n) is 16.0. The number of alkyl halides is 2. The molecule has 1 atom stereocenters. The van der Waals surface area contributed by atoms with Gasteiger partial charge in [0.2, 0.25) is 11.1 Å². The molecular formula is C19H18ClF2N5O2S. The Kier molecular flexibility index (Phi) is 6.78. The summed E-state index contributed by atoms with van der Waals surface area (Å²) in [5, 5.41) is 11.2. The number of aryl methyl sites for hydroxylation is 1. The lowest BCUT2D eigenvalue weighted by atomic mass is 10.2. The Labute approximate surface area is 180 Å². The van der Waals surface area contributed by atoms with Crippen LogP contribution in [-0.4, -0.2) is 32.6 Å².